The molecule has 2 amide bonds. The first-order valence-electron chi connectivity index (χ1n) is 10.5. The van der Waals surface area contributed by atoms with Crippen LogP contribution in [0.2, 0.25) is 0 Å². The van der Waals surface area contributed by atoms with E-state index in [2.05, 4.69) is 21.2 Å². The van der Waals surface area contributed by atoms with Gasteiger partial charge in [-0.2, -0.15) is 0 Å². The molecular formula is C24H20BrNO7. The highest BCUT2D eigenvalue weighted by atomic mass is 79.9. The van der Waals surface area contributed by atoms with Gasteiger partial charge in [0.15, 0.2) is 11.6 Å². The van der Waals surface area contributed by atoms with E-state index in [0.29, 0.717) is 23.1 Å². The van der Waals surface area contributed by atoms with Crippen LogP contribution in [-0.4, -0.2) is 42.7 Å². The predicted molar refractivity (Wildman–Crippen MR) is 119 cm³/mol. The lowest BCUT2D eigenvalue weighted by molar-refractivity contribution is -0.126. The van der Waals surface area contributed by atoms with Crippen LogP contribution < -0.4 is 14.8 Å². The Kier molecular flexibility index (Phi) is 5.04. The van der Waals surface area contributed by atoms with E-state index in [4.69, 9.17) is 9.47 Å². The summed E-state index contributed by atoms with van der Waals surface area (Å²) in [5.74, 6) is -3.16. The summed E-state index contributed by atoms with van der Waals surface area (Å²) in [4.78, 5) is 51.5. The van der Waals surface area contributed by atoms with Crippen molar-refractivity contribution < 1.29 is 33.8 Å². The first-order chi connectivity index (χ1) is 15.8. The predicted octanol–water partition coefficient (Wildman–Crippen LogP) is 2.46. The quantitative estimate of drug-likeness (QED) is 0.362. The fourth-order valence-electron chi connectivity index (χ4n) is 5.66. The average molecular weight is 514 g/mol. The Morgan fingerprint density at radius 3 is 2.33 bits per heavy atom. The van der Waals surface area contributed by atoms with Crippen molar-refractivity contribution in [2.24, 2.45) is 17.8 Å². The van der Waals surface area contributed by atoms with E-state index in [-0.39, 0.29) is 51.5 Å². The van der Waals surface area contributed by atoms with Gasteiger partial charge in [0.2, 0.25) is 11.8 Å². The molecular weight excluding hydrogens is 494 g/mol. The van der Waals surface area contributed by atoms with Crippen molar-refractivity contribution >= 4 is 39.3 Å². The maximum absolute atomic E-state index is 13.2. The Morgan fingerprint density at radius 2 is 1.70 bits per heavy atom. The summed E-state index contributed by atoms with van der Waals surface area (Å²) in [7, 11) is 2.87. The van der Waals surface area contributed by atoms with Crippen molar-refractivity contribution in [2.75, 3.05) is 14.2 Å². The molecule has 0 saturated carbocycles. The summed E-state index contributed by atoms with van der Waals surface area (Å²) in [5, 5.41) is 12.6. The highest BCUT2D eigenvalue weighted by molar-refractivity contribution is 9.12. The largest absolute Gasteiger partial charge is 0.508 e. The minimum Gasteiger partial charge on any atom is -0.508 e. The molecule has 1 aromatic rings. The minimum absolute atomic E-state index is 0.0823. The Balaban J connectivity index is 1.79. The molecule has 8 nitrogen and oxygen atoms in total. The van der Waals surface area contributed by atoms with Crippen LogP contribution in [0.3, 0.4) is 0 Å². The van der Waals surface area contributed by atoms with Crippen LogP contribution in [-0.2, 0) is 19.2 Å². The molecule has 4 unspecified atom stereocenters. The molecule has 1 aliphatic heterocycles. The number of methoxy groups -OCH3 is 2. The van der Waals surface area contributed by atoms with Gasteiger partial charge in [0.05, 0.1) is 30.5 Å². The number of halogens is 1. The van der Waals surface area contributed by atoms with Crippen molar-refractivity contribution in [2.45, 2.75) is 18.8 Å². The van der Waals surface area contributed by atoms with Gasteiger partial charge in [-0.25, -0.2) is 0 Å². The van der Waals surface area contributed by atoms with E-state index in [1.807, 2.05) is 6.08 Å². The third-order valence-electron chi connectivity index (χ3n) is 6.99. The number of carbonyl (C=O) groups excluding carboxylic acids is 4. The summed E-state index contributed by atoms with van der Waals surface area (Å²) < 4.78 is 11.2. The summed E-state index contributed by atoms with van der Waals surface area (Å²) in [6, 6.07) is 2.83. The molecule has 1 aromatic carbocycles. The molecule has 1 saturated heterocycles. The van der Waals surface area contributed by atoms with Crippen LogP contribution in [0.4, 0.5) is 0 Å². The summed E-state index contributed by atoms with van der Waals surface area (Å²) in [6.45, 7) is 0. The maximum Gasteiger partial charge on any atom is 0.231 e. The number of carbonyl (C=O) groups is 4. The van der Waals surface area contributed by atoms with Gasteiger partial charge in [-0.3, -0.25) is 24.5 Å². The Labute approximate surface area is 197 Å². The standard InChI is InChI=1S/C24H20BrNO7/c1-32-16-5-9(27)6-17(33-2)21(16)20-10-3-4-11-18(24(31)26-23(11)30)12(10)7-13-19(20)15(28)8-14(25)22(13)29/h3,5-6,8,11-12,18,20,27H,4,7H2,1-2H3,(H,26,30,31). The monoisotopic (exact) mass is 513 g/mol. The fraction of sp³-hybridized carbons (Fsp3) is 0.333. The Hall–Kier alpha value is -3.20. The molecule has 0 radical (unpaired) electrons. The van der Waals surface area contributed by atoms with E-state index in [1.54, 1.807) is 0 Å². The minimum atomic E-state index is -0.734. The molecule has 2 N–H and O–H groups in total. The zero-order valence-electron chi connectivity index (χ0n) is 17.8. The molecule has 1 fully saturated rings. The number of amides is 2. The number of phenols is 1. The lowest BCUT2D eigenvalue weighted by atomic mass is 9.59. The third kappa shape index (κ3) is 3.09. The van der Waals surface area contributed by atoms with Gasteiger partial charge in [0, 0.05) is 40.8 Å². The topological polar surface area (TPSA) is 119 Å². The molecule has 33 heavy (non-hydrogen) atoms. The summed E-state index contributed by atoms with van der Waals surface area (Å²) in [6.07, 6.45) is 3.68. The second kappa shape index (κ2) is 7.69. The van der Waals surface area contributed by atoms with Gasteiger partial charge in [-0.1, -0.05) is 11.6 Å². The van der Waals surface area contributed by atoms with E-state index >= 15 is 0 Å². The van der Waals surface area contributed by atoms with Crippen LogP contribution in [0.1, 0.15) is 24.3 Å². The van der Waals surface area contributed by atoms with Crippen molar-refractivity contribution in [1.82, 2.24) is 5.32 Å². The molecule has 4 aliphatic rings. The number of Topliss-reactive ketones (excluding diaryl/α,β-unsaturated/α-hetero) is 1. The van der Waals surface area contributed by atoms with Crippen molar-refractivity contribution in [1.29, 1.82) is 0 Å². The van der Waals surface area contributed by atoms with Gasteiger partial charge in [-0.15, -0.1) is 0 Å². The first kappa shape index (κ1) is 21.6. The normalized spacial score (nSPS) is 28.5. The molecule has 0 aromatic heterocycles. The van der Waals surface area contributed by atoms with Crippen LogP contribution in [0.5, 0.6) is 17.2 Å². The lowest BCUT2D eigenvalue weighted by Crippen LogP contribution is -2.39. The highest BCUT2D eigenvalue weighted by Crippen LogP contribution is 2.57. The van der Waals surface area contributed by atoms with Gasteiger partial charge < -0.3 is 14.6 Å². The van der Waals surface area contributed by atoms with E-state index in [9.17, 15) is 24.3 Å². The Bertz CT molecular complexity index is 1220. The number of phenolic OH excluding ortho intramolecular Hbond substituents is 1. The van der Waals surface area contributed by atoms with Crippen molar-refractivity contribution in [3.05, 3.63) is 51.0 Å². The number of benzene rings is 1. The number of ketones is 2. The van der Waals surface area contributed by atoms with Crippen molar-refractivity contribution in [3.63, 3.8) is 0 Å². The number of fused-ring (bicyclic) bond motifs is 3. The second-order valence-corrected chi connectivity index (χ2v) is 9.37. The number of nitrogens with one attached hydrogen (secondary N) is 1. The number of rotatable bonds is 3. The maximum atomic E-state index is 13.2. The zero-order valence-corrected chi connectivity index (χ0v) is 19.4. The molecule has 0 spiro atoms. The number of imide groups is 1. The number of hydrogen-bond acceptors (Lipinski definition) is 7. The molecule has 9 heteroatoms. The van der Waals surface area contributed by atoms with Crippen LogP contribution in [0, 0.1) is 17.8 Å². The van der Waals surface area contributed by atoms with E-state index in [0.717, 1.165) is 5.57 Å². The molecule has 1 heterocycles. The average Bonchev–Trinajstić information content (AvgIpc) is 3.09. The zero-order chi connectivity index (χ0) is 23.6. The van der Waals surface area contributed by atoms with Gasteiger partial charge >= 0.3 is 0 Å². The van der Waals surface area contributed by atoms with E-state index < -0.39 is 23.7 Å². The van der Waals surface area contributed by atoms with Gasteiger partial charge in [-0.05, 0) is 34.7 Å². The first-order valence-corrected chi connectivity index (χ1v) is 11.2. The number of aromatic hydroxyl groups is 1. The molecule has 5 rings (SSSR count). The summed E-state index contributed by atoms with van der Waals surface area (Å²) >= 11 is 3.19. The van der Waals surface area contributed by atoms with Crippen LogP contribution >= 0.6 is 15.9 Å². The van der Waals surface area contributed by atoms with Crippen LogP contribution in [0.15, 0.2) is 45.5 Å². The summed E-state index contributed by atoms with van der Waals surface area (Å²) in [5.41, 5.74) is 1.87. The molecule has 170 valence electrons. The third-order valence-corrected chi connectivity index (χ3v) is 7.58. The highest BCUT2D eigenvalue weighted by Gasteiger charge is 2.54. The van der Waals surface area contributed by atoms with Gasteiger partial charge in [0.1, 0.15) is 17.2 Å². The van der Waals surface area contributed by atoms with Crippen molar-refractivity contribution in [3.8, 4) is 17.2 Å². The number of hydrogen-bond donors (Lipinski definition) is 2. The number of ether oxygens (including phenoxy) is 2. The second-order valence-electron chi connectivity index (χ2n) is 8.51. The number of allylic oxidation sites excluding steroid dienone is 6. The Morgan fingerprint density at radius 1 is 1.03 bits per heavy atom. The van der Waals surface area contributed by atoms with E-state index in [1.165, 1.54) is 32.4 Å². The van der Waals surface area contributed by atoms with Crippen LogP contribution in [0.25, 0.3) is 0 Å². The van der Waals surface area contributed by atoms with Gasteiger partial charge in [0.25, 0.3) is 0 Å². The molecule has 4 atom stereocenters. The molecule has 3 aliphatic carbocycles. The lowest BCUT2D eigenvalue weighted by Gasteiger charge is -2.42. The SMILES string of the molecule is COc1cc(O)cc(OC)c1C1C2=CCC3C(=O)NC(=O)C3C2CC2=C1C(=O)C=C(Br)C2=O. The smallest absolute Gasteiger partial charge is 0.231 e. The fourth-order valence-corrected chi connectivity index (χ4v) is 6.11. The molecule has 0 bridgehead atoms.